The minimum Gasteiger partial charge on any atom is -0.378 e. The van der Waals surface area contributed by atoms with Crippen LogP contribution in [0.3, 0.4) is 0 Å². The molecule has 8 heteroatoms. The van der Waals surface area contributed by atoms with Crippen molar-refractivity contribution < 1.29 is 4.79 Å². The van der Waals surface area contributed by atoms with E-state index in [9.17, 15) is 4.79 Å². The van der Waals surface area contributed by atoms with Gasteiger partial charge >= 0.3 is 0 Å². The first kappa shape index (κ1) is 22.4. The van der Waals surface area contributed by atoms with Gasteiger partial charge in [0.25, 0.3) is 0 Å². The molecule has 1 heterocycles. The smallest absolute Gasteiger partial charge is 0.196 e. The number of para-hydroxylation sites is 1. The summed E-state index contributed by atoms with van der Waals surface area (Å²) in [4.78, 5) is 12.6. The van der Waals surface area contributed by atoms with Gasteiger partial charge in [-0.1, -0.05) is 59.2 Å². The van der Waals surface area contributed by atoms with E-state index in [1.165, 1.54) is 11.8 Å². The first-order valence-electron chi connectivity index (χ1n) is 9.92. The fourth-order valence-electron chi connectivity index (χ4n) is 3.08. The van der Waals surface area contributed by atoms with Gasteiger partial charge in [-0.3, -0.25) is 9.36 Å². The van der Waals surface area contributed by atoms with E-state index in [-0.39, 0.29) is 11.5 Å². The molecule has 1 N–H and O–H groups in total. The third kappa shape index (κ3) is 5.33. The molecule has 0 spiro atoms. The standard InChI is InChI=1S/C24H20Cl2N4OS/c1-16-7-12-19(13-21(16)26)27-14-23-28-29-24(30(23)20-5-3-2-4-6-20)32-15-22(31)17-8-10-18(25)11-9-17/h2-13,27H,14-15H2,1H3. The number of hydrogen-bond donors (Lipinski definition) is 1. The number of thioether (sulfide) groups is 1. The lowest BCUT2D eigenvalue weighted by Crippen LogP contribution is -2.09. The molecule has 0 fully saturated rings. The maximum absolute atomic E-state index is 12.6. The topological polar surface area (TPSA) is 59.8 Å². The molecule has 0 unspecified atom stereocenters. The molecule has 4 aromatic rings. The molecule has 0 aliphatic heterocycles. The lowest BCUT2D eigenvalue weighted by atomic mass is 10.1. The molecule has 0 aliphatic carbocycles. The van der Waals surface area contributed by atoms with E-state index < -0.39 is 0 Å². The van der Waals surface area contributed by atoms with Gasteiger partial charge in [0.15, 0.2) is 16.8 Å². The quantitative estimate of drug-likeness (QED) is 0.230. The number of Topliss-reactive ketones (excluding diaryl/α,β-unsaturated/α-hetero) is 1. The van der Waals surface area contributed by atoms with Gasteiger partial charge in [0.05, 0.1) is 12.3 Å². The number of carbonyl (C=O) groups is 1. The Morgan fingerprint density at radius 2 is 1.75 bits per heavy atom. The first-order chi connectivity index (χ1) is 15.5. The predicted molar refractivity (Wildman–Crippen MR) is 131 cm³/mol. The molecule has 0 bridgehead atoms. The summed E-state index contributed by atoms with van der Waals surface area (Å²) >= 11 is 13.5. The molecule has 0 saturated carbocycles. The maximum Gasteiger partial charge on any atom is 0.196 e. The van der Waals surface area contributed by atoms with Crippen molar-refractivity contribution in [2.75, 3.05) is 11.1 Å². The summed E-state index contributed by atoms with van der Waals surface area (Å²) in [5, 5.41) is 14.0. The highest BCUT2D eigenvalue weighted by Crippen LogP contribution is 2.25. The summed E-state index contributed by atoms with van der Waals surface area (Å²) in [5.41, 5.74) is 3.47. The normalized spacial score (nSPS) is 10.8. The van der Waals surface area contributed by atoms with Gasteiger partial charge in [-0.25, -0.2) is 0 Å². The van der Waals surface area contributed by atoms with Gasteiger partial charge in [0.1, 0.15) is 0 Å². The van der Waals surface area contributed by atoms with Gasteiger partial charge < -0.3 is 5.32 Å². The molecule has 0 amide bonds. The molecule has 5 nitrogen and oxygen atoms in total. The molecule has 0 aliphatic rings. The third-order valence-electron chi connectivity index (χ3n) is 4.84. The van der Waals surface area contributed by atoms with E-state index in [2.05, 4.69) is 15.5 Å². The Morgan fingerprint density at radius 3 is 2.47 bits per heavy atom. The van der Waals surface area contributed by atoms with Crippen molar-refractivity contribution in [1.29, 1.82) is 0 Å². The van der Waals surface area contributed by atoms with Crippen molar-refractivity contribution in [3.63, 3.8) is 0 Å². The van der Waals surface area contributed by atoms with E-state index in [1.54, 1.807) is 24.3 Å². The molecular formula is C24H20Cl2N4OS. The number of anilines is 1. The fourth-order valence-corrected chi connectivity index (χ4v) is 4.25. The largest absolute Gasteiger partial charge is 0.378 e. The van der Waals surface area contributed by atoms with E-state index in [0.29, 0.717) is 27.3 Å². The summed E-state index contributed by atoms with van der Waals surface area (Å²) in [5.74, 6) is 0.978. The number of ketones is 1. The Hall–Kier alpha value is -2.80. The lowest BCUT2D eigenvalue weighted by Gasteiger charge is -2.12. The molecule has 1 aromatic heterocycles. The van der Waals surface area contributed by atoms with Gasteiger partial charge in [0.2, 0.25) is 0 Å². The molecule has 3 aromatic carbocycles. The minimum absolute atomic E-state index is 0.00301. The number of aryl methyl sites for hydroxylation is 1. The highest BCUT2D eigenvalue weighted by atomic mass is 35.5. The summed E-state index contributed by atoms with van der Waals surface area (Å²) < 4.78 is 1.96. The van der Waals surface area contributed by atoms with E-state index >= 15 is 0 Å². The highest BCUT2D eigenvalue weighted by molar-refractivity contribution is 7.99. The van der Waals surface area contributed by atoms with Crippen molar-refractivity contribution in [3.05, 3.63) is 99.8 Å². The van der Waals surface area contributed by atoms with Crippen LogP contribution < -0.4 is 5.32 Å². The molecule has 4 rings (SSSR count). The zero-order valence-corrected chi connectivity index (χ0v) is 19.6. The maximum atomic E-state index is 12.6. The fraction of sp³-hybridized carbons (Fsp3) is 0.125. The number of carbonyl (C=O) groups excluding carboxylic acids is 1. The number of aromatic nitrogens is 3. The molecule has 162 valence electrons. The number of rotatable bonds is 8. The lowest BCUT2D eigenvalue weighted by molar-refractivity contribution is 0.102. The van der Waals surface area contributed by atoms with Crippen LogP contribution in [0.1, 0.15) is 21.7 Å². The minimum atomic E-state index is 0.00301. The molecule has 32 heavy (non-hydrogen) atoms. The van der Waals surface area contributed by atoms with E-state index in [1.807, 2.05) is 60.0 Å². The number of benzene rings is 3. The van der Waals surface area contributed by atoms with Crippen LogP contribution in [-0.2, 0) is 6.54 Å². The molecule has 0 radical (unpaired) electrons. The van der Waals surface area contributed by atoms with Crippen LogP contribution in [-0.4, -0.2) is 26.3 Å². The van der Waals surface area contributed by atoms with Gasteiger partial charge in [0, 0.05) is 27.0 Å². The van der Waals surface area contributed by atoms with Crippen LogP contribution in [0.2, 0.25) is 10.0 Å². The van der Waals surface area contributed by atoms with Crippen LogP contribution in [0.4, 0.5) is 5.69 Å². The second-order valence-electron chi connectivity index (χ2n) is 7.11. The van der Waals surface area contributed by atoms with Crippen molar-refractivity contribution in [1.82, 2.24) is 14.8 Å². The average molecular weight is 483 g/mol. The first-order valence-corrected chi connectivity index (χ1v) is 11.7. The summed E-state index contributed by atoms with van der Waals surface area (Å²) in [7, 11) is 0. The number of halogens is 2. The van der Waals surface area contributed by atoms with Gasteiger partial charge in [-0.05, 0) is 61.0 Å². The van der Waals surface area contributed by atoms with Crippen LogP contribution >= 0.6 is 35.0 Å². The summed E-state index contributed by atoms with van der Waals surface area (Å²) in [6.45, 7) is 2.42. The summed E-state index contributed by atoms with van der Waals surface area (Å²) in [6, 6.07) is 22.6. The SMILES string of the molecule is Cc1ccc(NCc2nnc(SCC(=O)c3ccc(Cl)cc3)n2-c2ccccc2)cc1Cl. The zero-order valence-electron chi connectivity index (χ0n) is 17.3. The van der Waals surface area contributed by atoms with E-state index in [0.717, 1.165) is 22.8 Å². The molecule has 0 saturated heterocycles. The highest BCUT2D eigenvalue weighted by Gasteiger charge is 2.16. The van der Waals surface area contributed by atoms with Crippen molar-refractivity contribution in [2.24, 2.45) is 0 Å². The molecular weight excluding hydrogens is 463 g/mol. The number of nitrogens with one attached hydrogen (secondary N) is 1. The van der Waals surface area contributed by atoms with Crippen LogP contribution in [0.5, 0.6) is 0 Å². The van der Waals surface area contributed by atoms with Gasteiger partial charge in [-0.2, -0.15) is 0 Å². The third-order valence-corrected chi connectivity index (χ3v) is 6.42. The summed E-state index contributed by atoms with van der Waals surface area (Å²) in [6.07, 6.45) is 0. The van der Waals surface area contributed by atoms with Gasteiger partial charge in [-0.15, -0.1) is 10.2 Å². The van der Waals surface area contributed by atoms with Crippen LogP contribution in [0, 0.1) is 6.92 Å². The second kappa shape index (κ2) is 10.2. The van der Waals surface area contributed by atoms with E-state index in [4.69, 9.17) is 23.2 Å². The Kier molecular flexibility index (Phi) is 7.15. The average Bonchev–Trinajstić information content (AvgIpc) is 3.22. The van der Waals surface area contributed by atoms with Crippen LogP contribution in [0.25, 0.3) is 5.69 Å². The Bertz CT molecular complexity index is 1230. The Morgan fingerprint density at radius 1 is 1.00 bits per heavy atom. The van der Waals surface area contributed by atoms with Crippen LogP contribution in [0.15, 0.2) is 78.0 Å². The Labute approximate surface area is 200 Å². The number of hydrogen-bond acceptors (Lipinski definition) is 5. The second-order valence-corrected chi connectivity index (χ2v) is 8.89. The zero-order chi connectivity index (χ0) is 22.5. The van der Waals surface area contributed by atoms with Crippen molar-refractivity contribution in [2.45, 2.75) is 18.6 Å². The number of nitrogens with zero attached hydrogens (tertiary/aromatic N) is 3. The molecule has 0 atom stereocenters. The monoisotopic (exact) mass is 482 g/mol. The van der Waals surface area contributed by atoms with Crippen molar-refractivity contribution in [3.8, 4) is 5.69 Å². The Balaban J connectivity index is 1.54. The predicted octanol–water partition coefficient (Wildman–Crippen LogP) is 6.47. The van der Waals surface area contributed by atoms with Crippen molar-refractivity contribution >= 4 is 46.4 Å².